The molecule has 1 unspecified atom stereocenters. The van der Waals surface area contributed by atoms with Crippen LogP contribution in [0.25, 0.3) is 0 Å². The predicted octanol–water partition coefficient (Wildman–Crippen LogP) is 3.80. The van der Waals surface area contributed by atoms with Crippen molar-refractivity contribution in [2.24, 2.45) is 5.92 Å². The summed E-state index contributed by atoms with van der Waals surface area (Å²) in [5, 5.41) is 9.15. The van der Waals surface area contributed by atoms with Gasteiger partial charge >= 0.3 is 0 Å². The Morgan fingerprint density at radius 3 is 2.17 bits per heavy atom. The van der Waals surface area contributed by atoms with Crippen molar-refractivity contribution in [2.75, 3.05) is 6.61 Å². The molecule has 1 atom stereocenters. The van der Waals surface area contributed by atoms with Crippen LogP contribution in [0.3, 0.4) is 0 Å². The van der Waals surface area contributed by atoms with Crippen molar-refractivity contribution in [1.29, 1.82) is 0 Å². The van der Waals surface area contributed by atoms with Gasteiger partial charge in [0.1, 0.15) is 0 Å². The van der Waals surface area contributed by atoms with Crippen molar-refractivity contribution in [3.63, 3.8) is 0 Å². The fraction of sp³-hybridized carbons (Fsp3) is 1.00. The minimum Gasteiger partial charge on any atom is -0.414 e. The van der Waals surface area contributed by atoms with Gasteiger partial charge in [0, 0.05) is 19.4 Å². The standard InChI is InChI=1S/C13H26F2O2Si/c1-12(2,3)18(4,5)17-11(6-7-16)10-8-13(14,15)9-10/h10-11,16H,6-9H2,1-5H3. The topological polar surface area (TPSA) is 29.5 Å². The van der Waals surface area contributed by atoms with Crippen LogP contribution in [0, 0.1) is 5.92 Å². The van der Waals surface area contributed by atoms with Crippen molar-refractivity contribution in [3.05, 3.63) is 0 Å². The van der Waals surface area contributed by atoms with E-state index in [1.165, 1.54) is 0 Å². The Morgan fingerprint density at radius 1 is 1.33 bits per heavy atom. The van der Waals surface area contributed by atoms with Gasteiger partial charge in [-0.05, 0) is 30.5 Å². The van der Waals surface area contributed by atoms with E-state index in [-0.39, 0.29) is 36.5 Å². The summed E-state index contributed by atoms with van der Waals surface area (Å²) in [6.07, 6.45) is 0.0711. The summed E-state index contributed by atoms with van der Waals surface area (Å²) in [4.78, 5) is 0. The van der Waals surface area contributed by atoms with Gasteiger partial charge in [0.2, 0.25) is 5.92 Å². The lowest BCUT2D eigenvalue weighted by molar-refractivity contribution is -0.140. The molecule has 0 spiro atoms. The maximum Gasteiger partial charge on any atom is 0.248 e. The van der Waals surface area contributed by atoms with E-state index in [9.17, 15) is 8.78 Å². The highest BCUT2D eigenvalue weighted by Crippen LogP contribution is 2.47. The summed E-state index contributed by atoms with van der Waals surface area (Å²) < 4.78 is 32.1. The zero-order valence-electron chi connectivity index (χ0n) is 12.1. The second-order valence-electron chi connectivity index (χ2n) is 6.95. The van der Waals surface area contributed by atoms with E-state index in [0.29, 0.717) is 6.42 Å². The summed E-state index contributed by atoms with van der Waals surface area (Å²) in [5.41, 5.74) is 0. The first kappa shape index (κ1) is 16.1. The highest BCUT2D eigenvalue weighted by molar-refractivity contribution is 6.74. The molecule has 0 aromatic rings. The third-order valence-electron chi connectivity index (χ3n) is 4.31. The number of halogens is 2. The molecule has 18 heavy (non-hydrogen) atoms. The number of hydrogen-bond acceptors (Lipinski definition) is 2. The van der Waals surface area contributed by atoms with Crippen LogP contribution in [0.2, 0.25) is 18.1 Å². The molecule has 1 aliphatic rings. The van der Waals surface area contributed by atoms with E-state index in [0.717, 1.165) is 0 Å². The first-order valence-corrected chi connectivity index (χ1v) is 9.56. The molecule has 1 rings (SSSR count). The molecule has 0 amide bonds. The maximum absolute atomic E-state index is 12.9. The van der Waals surface area contributed by atoms with Gasteiger partial charge in [0.25, 0.3) is 0 Å². The quantitative estimate of drug-likeness (QED) is 0.776. The lowest BCUT2D eigenvalue weighted by Crippen LogP contribution is -2.50. The summed E-state index contributed by atoms with van der Waals surface area (Å²) >= 11 is 0. The Labute approximate surface area is 110 Å². The number of aliphatic hydroxyl groups excluding tert-OH is 1. The third kappa shape index (κ3) is 3.74. The molecule has 2 nitrogen and oxygen atoms in total. The van der Waals surface area contributed by atoms with Crippen molar-refractivity contribution in [3.8, 4) is 0 Å². The normalized spacial score (nSPS) is 22.7. The molecular formula is C13H26F2O2Si. The summed E-state index contributed by atoms with van der Waals surface area (Å²) in [5.74, 6) is -2.61. The lowest BCUT2D eigenvalue weighted by atomic mass is 9.77. The number of alkyl halides is 2. The van der Waals surface area contributed by atoms with Crippen molar-refractivity contribution >= 4 is 8.32 Å². The largest absolute Gasteiger partial charge is 0.414 e. The van der Waals surface area contributed by atoms with Crippen LogP contribution in [0.1, 0.15) is 40.0 Å². The fourth-order valence-corrected chi connectivity index (χ4v) is 3.46. The van der Waals surface area contributed by atoms with Gasteiger partial charge in [-0.2, -0.15) is 0 Å². The Morgan fingerprint density at radius 2 is 1.83 bits per heavy atom. The maximum atomic E-state index is 12.9. The van der Waals surface area contributed by atoms with E-state index in [1.807, 2.05) is 0 Å². The van der Waals surface area contributed by atoms with Crippen molar-refractivity contribution < 1.29 is 18.3 Å². The average molecular weight is 280 g/mol. The first-order valence-electron chi connectivity index (χ1n) is 6.65. The van der Waals surface area contributed by atoms with Gasteiger partial charge in [0.15, 0.2) is 8.32 Å². The predicted molar refractivity (Wildman–Crippen MR) is 71.4 cm³/mol. The van der Waals surface area contributed by atoms with Gasteiger partial charge in [-0.1, -0.05) is 20.8 Å². The molecule has 0 aromatic carbocycles. The van der Waals surface area contributed by atoms with Crippen molar-refractivity contribution in [1.82, 2.24) is 0 Å². The average Bonchev–Trinajstić information content (AvgIpc) is 2.11. The number of rotatable bonds is 5. The molecule has 0 aromatic heterocycles. The van der Waals surface area contributed by atoms with Crippen LogP contribution in [-0.4, -0.2) is 32.1 Å². The second-order valence-corrected chi connectivity index (χ2v) is 11.7. The molecule has 0 saturated heterocycles. The van der Waals surface area contributed by atoms with Crippen LogP contribution >= 0.6 is 0 Å². The molecule has 0 aliphatic heterocycles. The molecule has 108 valence electrons. The molecule has 0 heterocycles. The molecule has 5 heteroatoms. The smallest absolute Gasteiger partial charge is 0.248 e. The van der Waals surface area contributed by atoms with E-state index in [1.54, 1.807) is 0 Å². The first-order chi connectivity index (χ1) is 7.98. The highest BCUT2D eigenvalue weighted by atomic mass is 28.4. The number of hydrogen-bond donors (Lipinski definition) is 1. The number of aliphatic hydroxyl groups is 1. The Kier molecular flexibility index (Phi) is 4.61. The highest BCUT2D eigenvalue weighted by Gasteiger charge is 2.50. The second kappa shape index (κ2) is 5.17. The molecule has 1 aliphatic carbocycles. The zero-order valence-corrected chi connectivity index (χ0v) is 13.1. The summed E-state index contributed by atoms with van der Waals surface area (Å²) in [7, 11) is -1.95. The SMILES string of the molecule is CC(C)(C)[Si](C)(C)OC(CCO)C1CC(F)(F)C1. The summed E-state index contributed by atoms with van der Waals surface area (Å²) in [6, 6.07) is 0. The zero-order chi connectivity index (χ0) is 14.2. The molecule has 1 fully saturated rings. The molecule has 1 N–H and O–H groups in total. The lowest BCUT2D eigenvalue weighted by Gasteiger charge is -2.45. The van der Waals surface area contributed by atoms with Gasteiger partial charge in [0.05, 0.1) is 6.10 Å². The van der Waals surface area contributed by atoms with E-state index < -0.39 is 14.2 Å². The molecule has 1 saturated carbocycles. The molecule has 0 radical (unpaired) electrons. The van der Waals surface area contributed by atoms with Gasteiger partial charge in [-0.15, -0.1) is 0 Å². The minimum atomic E-state index is -2.52. The van der Waals surface area contributed by atoms with Crippen molar-refractivity contribution in [2.45, 2.75) is 70.2 Å². The van der Waals surface area contributed by atoms with E-state index in [2.05, 4.69) is 33.9 Å². The van der Waals surface area contributed by atoms with Crippen LogP contribution < -0.4 is 0 Å². The van der Waals surface area contributed by atoms with E-state index in [4.69, 9.17) is 9.53 Å². The Balaban J connectivity index is 2.64. The van der Waals surface area contributed by atoms with Gasteiger partial charge in [-0.3, -0.25) is 0 Å². The third-order valence-corrected chi connectivity index (χ3v) is 8.82. The van der Waals surface area contributed by atoms with E-state index >= 15 is 0 Å². The molecular weight excluding hydrogens is 254 g/mol. The van der Waals surface area contributed by atoms with Crippen LogP contribution in [-0.2, 0) is 4.43 Å². The minimum absolute atomic E-state index is 0.00135. The van der Waals surface area contributed by atoms with Gasteiger partial charge in [-0.25, -0.2) is 8.78 Å². The van der Waals surface area contributed by atoms with Crippen LogP contribution in [0.15, 0.2) is 0 Å². The van der Waals surface area contributed by atoms with Crippen LogP contribution in [0.5, 0.6) is 0 Å². The van der Waals surface area contributed by atoms with Crippen LogP contribution in [0.4, 0.5) is 8.78 Å². The Hall–Kier alpha value is -0.00312. The fourth-order valence-electron chi connectivity index (χ4n) is 2.04. The monoisotopic (exact) mass is 280 g/mol. The summed E-state index contributed by atoms with van der Waals surface area (Å²) in [6.45, 7) is 10.6. The molecule has 0 bridgehead atoms. The van der Waals surface area contributed by atoms with Gasteiger partial charge < -0.3 is 9.53 Å². The Bertz CT molecular complexity index is 279.